The van der Waals surface area contributed by atoms with Gasteiger partial charge in [0.05, 0.1) is 5.56 Å². The van der Waals surface area contributed by atoms with Crippen molar-refractivity contribution in [1.29, 1.82) is 0 Å². The minimum atomic E-state index is -4.37. The summed E-state index contributed by atoms with van der Waals surface area (Å²) < 4.78 is 39.5. The number of halogens is 3. The number of hydrogen-bond acceptors (Lipinski definition) is 2. The predicted octanol–water partition coefficient (Wildman–Crippen LogP) is 3.10. The minimum absolute atomic E-state index is 0.186. The minimum Gasteiger partial charge on any atom is -0.335 e. The van der Waals surface area contributed by atoms with Gasteiger partial charge in [0.25, 0.3) is 0 Å². The summed E-state index contributed by atoms with van der Waals surface area (Å²) in [5, 5.41) is 2.67. The van der Waals surface area contributed by atoms with Crippen molar-refractivity contribution < 1.29 is 18.0 Å². The number of anilines is 1. The maximum Gasteiger partial charge on any atom is 0.416 e. The van der Waals surface area contributed by atoms with Crippen LogP contribution in [-0.2, 0) is 23.9 Å². The van der Waals surface area contributed by atoms with Gasteiger partial charge in [0.15, 0.2) is 0 Å². The van der Waals surface area contributed by atoms with Crippen LogP contribution < -0.4 is 5.32 Å². The van der Waals surface area contributed by atoms with Crippen LogP contribution in [0.25, 0.3) is 0 Å². The first-order valence-corrected chi connectivity index (χ1v) is 6.91. The number of rotatable bonds is 2. The van der Waals surface area contributed by atoms with Crippen LogP contribution in [0.2, 0.25) is 0 Å². The van der Waals surface area contributed by atoms with Crippen LogP contribution in [0.1, 0.15) is 17.8 Å². The van der Waals surface area contributed by atoms with Crippen LogP contribution in [0.5, 0.6) is 0 Å². The molecule has 0 spiro atoms. The highest BCUT2D eigenvalue weighted by molar-refractivity contribution is 5.92. The molecule has 0 radical (unpaired) electrons. The Kier molecular flexibility index (Phi) is 3.64. The number of benzene rings is 1. The molecule has 2 aromatic rings. The summed E-state index contributed by atoms with van der Waals surface area (Å²) in [6, 6.07) is 4.46. The number of nitrogens with one attached hydrogen (secondary N) is 1. The van der Waals surface area contributed by atoms with E-state index in [1.54, 1.807) is 6.20 Å². The molecular formula is C15H14F3N3O. The van der Waals surface area contributed by atoms with Crippen LogP contribution in [0.15, 0.2) is 36.7 Å². The molecule has 7 heteroatoms. The maximum atomic E-state index is 12.5. The van der Waals surface area contributed by atoms with Crippen molar-refractivity contribution in [3.63, 3.8) is 0 Å². The van der Waals surface area contributed by atoms with Crippen molar-refractivity contribution in [2.75, 3.05) is 5.32 Å². The van der Waals surface area contributed by atoms with Gasteiger partial charge in [-0.15, -0.1) is 0 Å². The van der Waals surface area contributed by atoms with Crippen molar-refractivity contribution in [2.24, 2.45) is 5.92 Å². The molecule has 1 amide bonds. The third-order valence-corrected chi connectivity index (χ3v) is 3.80. The summed E-state index contributed by atoms with van der Waals surface area (Å²) in [4.78, 5) is 16.4. The zero-order chi connectivity index (χ0) is 15.7. The summed E-state index contributed by atoms with van der Waals surface area (Å²) in [6.07, 6.45) is 0.434. The molecule has 1 aromatic carbocycles. The largest absolute Gasteiger partial charge is 0.416 e. The van der Waals surface area contributed by atoms with Gasteiger partial charge in [0.2, 0.25) is 5.91 Å². The highest BCUT2D eigenvalue weighted by Gasteiger charge is 2.30. The zero-order valence-electron chi connectivity index (χ0n) is 11.6. The van der Waals surface area contributed by atoms with Gasteiger partial charge >= 0.3 is 6.18 Å². The predicted molar refractivity (Wildman–Crippen MR) is 74.1 cm³/mol. The molecule has 0 fully saturated rings. The van der Waals surface area contributed by atoms with Gasteiger partial charge in [-0.2, -0.15) is 13.2 Å². The summed E-state index contributed by atoms with van der Waals surface area (Å²) in [5.74, 6) is 0.463. The number of aromatic nitrogens is 2. The number of hydrogen-bond donors (Lipinski definition) is 1. The van der Waals surface area contributed by atoms with Crippen LogP contribution in [-0.4, -0.2) is 15.5 Å². The number of amides is 1. The summed E-state index contributed by atoms with van der Waals surface area (Å²) >= 11 is 0. The standard InChI is InChI=1S/C15H14F3N3O/c16-15(17,18)11-1-3-12(4-2-11)20-14(22)10-5-7-21-8-6-19-13(21)9-10/h1-4,6,8,10H,5,7,9H2,(H,20,22). The number of fused-ring (bicyclic) bond motifs is 1. The zero-order valence-corrected chi connectivity index (χ0v) is 11.6. The van der Waals surface area contributed by atoms with Gasteiger partial charge in [-0.1, -0.05) is 0 Å². The maximum absolute atomic E-state index is 12.5. The van der Waals surface area contributed by atoms with Gasteiger partial charge in [-0.3, -0.25) is 4.79 Å². The molecular weight excluding hydrogens is 295 g/mol. The normalized spacial score (nSPS) is 17.9. The fourth-order valence-corrected chi connectivity index (χ4v) is 2.56. The van der Waals surface area contributed by atoms with E-state index >= 15 is 0 Å². The lowest BCUT2D eigenvalue weighted by Gasteiger charge is -2.22. The topological polar surface area (TPSA) is 46.9 Å². The van der Waals surface area contributed by atoms with Gasteiger partial charge < -0.3 is 9.88 Å². The molecule has 1 atom stereocenters. The van der Waals surface area contributed by atoms with Gasteiger partial charge in [0, 0.05) is 37.0 Å². The Balaban J connectivity index is 1.65. The second kappa shape index (κ2) is 5.47. The van der Waals surface area contributed by atoms with E-state index in [9.17, 15) is 18.0 Å². The van der Waals surface area contributed by atoms with E-state index in [0.717, 1.165) is 24.5 Å². The van der Waals surface area contributed by atoms with Crippen LogP contribution in [0.3, 0.4) is 0 Å². The van der Waals surface area contributed by atoms with Crippen LogP contribution in [0, 0.1) is 5.92 Å². The number of aryl methyl sites for hydroxylation is 1. The average Bonchev–Trinajstić information content (AvgIpc) is 2.94. The lowest BCUT2D eigenvalue weighted by atomic mass is 9.97. The molecule has 2 heterocycles. The lowest BCUT2D eigenvalue weighted by Crippen LogP contribution is -2.30. The van der Waals surface area contributed by atoms with E-state index in [1.165, 1.54) is 12.1 Å². The molecule has 22 heavy (non-hydrogen) atoms. The monoisotopic (exact) mass is 309 g/mol. The fraction of sp³-hybridized carbons (Fsp3) is 0.333. The molecule has 3 rings (SSSR count). The molecule has 1 aromatic heterocycles. The van der Waals surface area contributed by atoms with Gasteiger partial charge in [-0.05, 0) is 30.7 Å². The van der Waals surface area contributed by atoms with E-state index in [2.05, 4.69) is 10.3 Å². The van der Waals surface area contributed by atoms with Crippen LogP contribution in [0.4, 0.5) is 18.9 Å². The number of carbonyl (C=O) groups is 1. The van der Waals surface area contributed by atoms with Crippen molar-refractivity contribution in [3.8, 4) is 0 Å². The number of carbonyl (C=O) groups excluding carboxylic acids is 1. The number of nitrogens with zero attached hydrogens (tertiary/aromatic N) is 2. The SMILES string of the molecule is O=C(Nc1ccc(C(F)(F)F)cc1)C1CCn2ccnc2C1. The number of imidazole rings is 1. The van der Waals surface area contributed by atoms with Crippen molar-refractivity contribution in [2.45, 2.75) is 25.6 Å². The Bertz CT molecular complexity index is 676. The molecule has 1 aliphatic rings. The van der Waals surface area contributed by atoms with Gasteiger partial charge in [0.1, 0.15) is 5.82 Å². The molecule has 116 valence electrons. The Labute approximate surface area is 125 Å². The second-order valence-electron chi connectivity index (χ2n) is 5.29. The molecule has 0 saturated carbocycles. The summed E-state index contributed by atoms with van der Waals surface area (Å²) in [7, 11) is 0. The average molecular weight is 309 g/mol. The van der Waals surface area contributed by atoms with E-state index in [-0.39, 0.29) is 11.8 Å². The van der Waals surface area contributed by atoms with Crippen molar-refractivity contribution >= 4 is 11.6 Å². The highest BCUT2D eigenvalue weighted by Crippen LogP contribution is 2.30. The van der Waals surface area contributed by atoms with E-state index in [0.29, 0.717) is 18.5 Å². The first-order chi connectivity index (χ1) is 10.4. The van der Waals surface area contributed by atoms with E-state index in [4.69, 9.17) is 0 Å². The molecule has 1 unspecified atom stereocenters. The third-order valence-electron chi connectivity index (χ3n) is 3.80. The van der Waals surface area contributed by atoms with Crippen molar-refractivity contribution in [3.05, 3.63) is 48.0 Å². The highest BCUT2D eigenvalue weighted by atomic mass is 19.4. The van der Waals surface area contributed by atoms with E-state index < -0.39 is 11.7 Å². The summed E-state index contributed by atoms with van der Waals surface area (Å²) in [6.45, 7) is 0.723. The smallest absolute Gasteiger partial charge is 0.335 e. The molecule has 0 bridgehead atoms. The fourth-order valence-electron chi connectivity index (χ4n) is 2.56. The first-order valence-electron chi connectivity index (χ1n) is 6.91. The Morgan fingerprint density at radius 3 is 2.68 bits per heavy atom. The van der Waals surface area contributed by atoms with Crippen molar-refractivity contribution in [1.82, 2.24) is 9.55 Å². The van der Waals surface area contributed by atoms with Crippen LogP contribution >= 0.6 is 0 Å². The molecule has 0 aliphatic carbocycles. The third kappa shape index (κ3) is 2.98. The molecule has 1 N–H and O–H groups in total. The first kappa shape index (κ1) is 14.6. The van der Waals surface area contributed by atoms with E-state index in [1.807, 2.05) is 10.8 Å². The quantitative estimate of drug-likeness (QED) is 0.926. The Morgan fingerprint density at radius 2 is 2.00 bits per heavy atom. The molecule has 0 saturated heterocycles. The molecule has 4 nitrogen and oxygen atoms in total. The summed E-state index contributed by atoms with van der Waals surface area (Å²) in [5.41, 5.74) is -0.364. The number of alkyl halides is 3. The second-order valence-corrected chi connectivity index (χ2v) is 5.29. The Morgan fingerprint density at radius 1 is 1.27 bits per heavy atom. The Hall–Kier alpha value is -2.31. The lowest BCUT2D eigenvalue weighted by molar-refractivity contribution is -0.137. The molecule has 1 aliphatic heterocycles. The van der Waals surface area contributed by atoms with Gasteiger partial charge in [-0.25, -0.2) is 4.98 Å².